The maximum absolute atomic E-state index is 12.7. The standard InChI is InChI=1S/C48H92O6/c1-6-7-8-9-10-16-23-28-33-38-46(49)52-41-45(42-53-47(50)39-34-29-24-19-15-14-18-22-27-32-37-44(4)5)54-48(51)40-35-30-25-20-13-11-12-17-21-26-31-36-43(2)3/h43-45H,6-42H2,1-5H3/t45-/m1/s1. The molecule has 0 fully saturated rings. The smallest absolute Gasteiger partial charge is 0.306 e. The number of esters is 3. The molecule has 54 heavy (non-hydrogen) atoms. The van der Waals surface area contributed by atoms with Gasteiger partial charge in [0.15, 0.2) is 6.10 Å². The molecule has 0 N–H and O–H groups in total. The van der Waals surface area contributed by atoms with Gasteiger partial charge in [-0.3, -0.25) is 14.4 Å². The Morgan fingerprint density at radius 3 is 0.907 bits per heavy atom. The van der Waals surface area contributed by atoms with Crippen LogP contribution in [0.3, 0.4) is 0 Å². The topological polar surface area (TPSA) is 78.9 Å². The fraction of sp³-hybridized carbons (Fsp3) is 0.938. The summed E-state index contributed by atoms with van der Waals surface area (Å²) in [5.41, 5.74) is 0. The second-order valence-electron chi connectivity index (χ2n) is 17.3. The van der Waals surface area contributed by atoms with Crippen molar-refractivity contribution < 1.29 is 28.6 Å². The third-order valence-corrected chi connectivity index (χ3v) is 10.7. The lowest BCUT2D eigenvalue weighted by Gasteiger charge is -2.18. The van der Waals surface area contributed by atoms with E-state index in [1.807, 2.05) is 0 Å². The van der Waals surface area contributed by atoms with Crippen molar-refractivity contribution in [3.05, 3.63) is 0 Å². The highest BCUT2D eigenvalue weighted by atomic mass is 16.6. The third kappa shape index (κ3) is 41.6. The Bertz CT molecular complexity index is 824. The van der Waals surface area contributed by atoms with Crippen molar-refractivity contribution in [3.8, 4) is 0 Å². The molecule has 0 aromatic carbocycles. The number of hydrogen-bond acceptors (Lipinski definition) is 6. The Kier molecular flexibility index (Phi) is 39.8. The zero-order valence-electron chi connectivity index (χ0n) is 36.8. The Labute approximate surface area is 336 Å². The van der Waals surface area contributed by atoms with Crippen molar-refractivity contribution in [1.82, 2.24) is 0 Å². The van der Waals surface area contributed by atoms with Gasteiger partial charge < -0.3 is 14.2 Å². The maximum atomic E-state index is 12.7. The molecule has 1 atom stereocenters. The number of ether oxygens (including phenoxy) is 3. The Hall–Kier alpha value is -1.59. The van der Waals surface area contributed by atoms with Crippen LogP contribution in [-0.4, -0.2) is 37.2 Å². The molecular formula is C48H92O6. The largest absolute Gasteiger partial charge is 0.462 e. The van der Waals surface area contributed by atoms with Gasteiger partial charge in [-0.15, -0.1) is 0 Å². The van der Waals surface area contributed by atoms with E-state index < -0.39 is 6.10 Å². The molecule has 0 saturated heterocycles. The van der Waals surface area contributed by atoms with E-state index in [4.69, 9.17) is 14.2 Å². The monoisotopic (exact) mass is 765 g/mol. The van der Waals surface area contributed by atoms with E-state index in [9.17, 15) is 14.4 Å². The molecule has 0 spiro atoms. The highest BCUT2D eigenvalue weighted by molar-refractivity contribution is 5.71. The minimum absolute atomic E-state index is 0.0647. The van der Waals surface area contributed by atoms with Crippen molar-refractivity contribution in [1.29, 1.82) is 0 Å². The molecule has 0 aromatic heterocycles. The fourth-order valence-corrected chi connectivity index (χ4v) is 7.11. The molecule has 6 heteroatoms. The van der Waals surface area contributed by atoms with Crippen LogP contribution in [0.1, 0.15) is 259 Å². The summed E-state index contributed by atoms with van der Waals surface area (Å²) in [6.45, 7) is 11.3. The average Bonchev–Trinajstić information content (AvgIpc) is 3.14. The summed E-state index contributed by atoms with van der Waals surface area (Å²) in [6.07, 6.45) is 39.4. The van der Waals surface area contributed by atoms with Crippen LogP contribution in [0.2, 0.25) is 0 Å². The van der Waals surface area contributed by atoms with Gasteiger partial charge in [0.25, 0.3) is 0 Å². The van der Waals surface area contributed by atoms with E-state index in [-0.39, 0.29) is 31.1 Å². The number of carbonyl (C=O) groups is 3. The first-order chi connectivity index (χ1) is 26.2. The van der Waals surface area contributed by atoms with Crippen LogP contribution in [0.15, 0.2) is 0 Å². The SMILES string of the molecule is CCCCCCCCCCCC(=O)OC[C@H](COC(=O)CCCCCCCCCCCCC(C)C)OC(=O)CCCCCCCCCCCCCC(C)C. The zero-order chi connectivity index (χ0) is 39.7. The van der Waals surface area contributed by atoms with Gasteiger partial charge in [0.2, 0.25) is 0 Å². The first-order valence-corrected chi connectivity index (χ1v) is 23.7. The van der Waals surface area contributed by atoms with E-state index in [0.717, 1.165) is 69.6 Å². The number of unbranched alkanes of at least 4 members (excludes halogenated alkanes) is 27. The van der Waals surface area contributed by atoms with Gasteiger partial charge in [0.1, 0.15) is 13.2 Å². The van der Waals surface area contributed by atoms with Gasteiger partial charge in [-0.25, -0.2) is 0 Å². The fourth-order valence-electron chi connectivity index (χ4n) is 7.11. The van der Waals surface area contributed by atoms with Gasteiger partial charge >= 0.3 is 17.9 Å². The van der Waals surface area contributed by atoms with Gasteiger partial charge in [0.05, 0.1) is 0 Å². The molecule has 0 heterocycles. The lowest BCUT2D eigenvalue weighted by atomic mass is 10.0. The highest BCUT2D eigenvalue weighted by Crippen LogP contribution is 2.17. The van der Waals surface area contributed by atoms with E-state index in [2.05, 4.69) is 34.6 Å². The predicted molar refractivity (Wildman–Crippen MR) is 229 cm³/mol. The summed E-state index contributed by atoms with van der Waals surface area (Å²) < 4.78 is 16.7. The molecule has 6 nitrogen and oxygen atoms in total. The molecule has 0 rings (SSSR count). The molecule has 0 amide bonds. The molecule has 0 radical (unpaired) electrons. The predicted octanol–water partition coefficient (Wildman–Crippen LogP) is 15.0. The lowest BCUT2D eigenvalue weighted by molar-refractivity contribution is -0.167. The van der Waals surface area contributed by atoms with Crippen LogP contribution in [-0.2, 0) is 28.6 Å². The van der Waals surface area contributed by atoms with Crippen molar-refractivity contribution in [3.63, 3.8) is 0 Å². The van der Waals surface area contributed by atoms with Crippen LogP contribution in [0.4, 0.5) is 0 Å². The summed E-state index contributed by atoms with van der Waals surface area (Å²) in [5, 5.41) is 0. The second-order valence-corrected chi connectivity index (χ2v) is 17.3. The van der Waals surface area contributed by atoms with E-state index in [1.54, 1.807) is 0 Å². The van der Waals surface area contributed by atoms with Gasteiger partial charge in [-0.05, 0) is 31.1 Å². The zero-order valence-corrected chi connectivity index (χ0v) is 36.8. The van der Waals surface area contributed by atoms with Crippen molar-refractivity contribution in [2.75, 3.05) is 13.2 Å². The van der Waals surface area contributed by atoms with Crippen LogP contribution in [0.25, 0.3) is 0 Å². The van der Waals surface area contributed by atoms with Crippen LogP contribution < -0.4 is 0 Å². The minimum atomic E-state index is -0.760. The average molecular weight is 765 g/mol. The van der Waals surface area contributed by atoms with E-state index in [1.165, 1.54) is 148 Å². The van der Waals surface area contributed by atoms with Gasteiger partial charge in [0, 0.05) is 19.3 Å². The maximum Gasteiger partial charge on any atom is 0.306 e. The number of rotatable bonds is 42. The Morgan fingerprint density at radius 1 is 0.352 bits per heavy atom. The van der Waals surface area contributed by atoms with Crippen molar-refractivity contribution >= 4 is 17.9 Å². The Morgan fingerprint density at radius 2 is 0.611 bits per heavy atom. The molecule has 0 saturated carbocycles. The van der Waals surface area contributed by atoms with E-state index in [0.29, 0.717) is 19.3 Å². The number of hydrogen-bond donors (Lipinski definition) is 0. The van der Waals surface area contributed by atoms with Crippen LogP contribution >= 0.6 is 0 Å². The summed E-state index contributed by atoms with van der Waals surface area (Å²) >= 11 is 0. The molecule has 0 unspecified atom stereocenters. The first kappa shape index (κ1) is 52.4. The summed E-state index contributed by atoms with van der Waals surface area (Å²) in [7, 11) is 0. The van der Waals surface area contributed by atoms with E-state index >= 15 is 0 Å². The minimum Gasteiger partial charge on any atom is -0.462 e. The first-order valence-electron chi connectivity index (χ1n) is 23.7. The van der Waals surface area contributed by atoms with Crippen LogP contribution in [0.5, 0.6) is 0 Å². The molecule has 320 valence electrons. The summed E-state index contributed by atoms with van der Waals surface area (Å²) in [5.74, 6) is 0.786. The lowest BCUT2D eigenvalue weighted by Crippen LogP contribution is -2.30. The quantitative estimate of drug-likeness (QED) is 0.0350. The van der Waals surface area contributed by atoms with Crippen molar-refractivity contribution in [2.24, 2.45) is 11.8 Å². The molecule has 0 aliphatic heterocycles. The third-order valence-electron chi connectivity index (χ3n) is 10.7. The number of carbonyl (C=O) groups excluding carboxylic acids is 3. The van der Waals surface area contributed by atoms with Gasteiger partial charge in [-0.2, -0.15) is 0 Å². The molecule has 0 aromatic rings. The normalized spacial score (nSPS) is 12.1. The molecule has 0 bridgehead atoms. The van der Waals surface area contributed by atoms with Crippen LogP contribution in [0, 0.1) is 11.8 Å². The summed E-state index contributed by atoms with van der Waals surface area (Å²) in [6, 6.07) is 0. The molecule has 0 aliphatic rings. The second kappa shape index (κ2) is 41.1. The van der Waals surface area contributed by atoms with Gasteiger partial charge in [-0.1, -0.05) is 221 Å². The highest BCUT2D eigenvalue weighted by Gasteiger charge is 2.19. The molecular weight excluding hydrogens is 673 g/mol. The Balaban J connectivity index is 4.31. The summed E-state index contributed by atoms with van der Waals surface area (Å²) in [4.78, 5) is 37.7. The van der Waals surface area contributed by atoms with Crippen molar-refractivity contribution in [2.45, 2.75) is 265 Å². The molecule has 0 aliphatic carbocycles.